The van der Waals surface area contributed by atoms with E-state index in [1.807, 2.05) is 42.5 Å². The minimum Gasteiger partial charge on any atom is -0.494 e. The largest absolute Gasteiger partial charge is 0.494 e. The molecule has 0 bridgehead atoms. The van der Waals surface area contributed by atoms with Crippen LogP contribution in [0, 0.1) is 0 Å². The molecular formula is C20H24N2O2. The Kier molecular flexibility index (Phi) is 7.54. The Morgan fingerprint density at radius 3 is 2.50 bits per heavy atom. The van der Waals surface area contributed by atoms with Gasteiger partial charge in [0, 0.05) is 5.56 Å². The fourth-order valence-electron chi connectivity index (χ4n) is 2.19. The van der Waals surface area contributed by atoms with Crippen molar-refractivity contribution in [2.75, 3.05) is 6.61 Å². The van der Waals surface area contributed by atoms with E-state index in [4.69, 9.17) is 4.74 Å². The number of amides is 1. The summed E-state index contributed by atoms with van der Waals surface area (Å²) in [5.74, 6) is 0.549. The Morgan fingerprint density at radius 2 is 1.79 bits per heavy atom. The monoisotopic (exact) mass is 324 g/mol. The second-order valence-corrected chi connectivity index (χ2v) is 5.54. The molecule has 0 saturated heterocycles. The first-order chi connectivity index (χ1) is 11.8. The van der Waals surface area contributed by atoms with Crippen molar-refractivity contribution in [2.24, 2.45) is 5.10 Å². The number of nitrogens with zero attached hydrogens (tertiary/aromatic N) is 1. The van der Waals surface area contributed by atoms with Gasteiger partial charge in [-0.15, -0.1) is 0 Å². The average Bonchev–Trinajstić information content (AvgIpc) is 2.63. The third kappa shape index (κ3) is 6.24. The van der Waals surface area contributed by atoms with Gasteiger partial charge < -0.3 is 4.74 Å². The highest BCUT2D eigenvalue weighted by atomic mass is 16.5. The molecule has 4 nitrogen and oxygen atoms in total. The number of benzene rings is 2. The molecule has 1 amide bonds. The predicted molar refractivity (Wildman–Crippen MR) is 97.6 cm³/mol. The van der Waals surface area contributed by atoms with Crippen LogP contribution in [0.3, 0.4) is 0 Å². The molecule has 0 saturated carbocycles. The molecule has 24 heavy (non-hydrogen) atoms. The van der Waals surface area contributed by atoms with Crippen LogP contribution in [0.25, 0.3) is 0 Å². The number of carbonyl (C=O) groups is 1. The smallest absolute Gasteiger partial charge is 0.271 e. The molecule has 0 aliphatic heterocycles. The first-order valence-electron chi connectivity index (χ1n) is 8.41. The molecular weight excluding hydrogens is 300 g/mol. The molecule has 1 N–H and O–H groups in total. The Bertz CT molecular complexity index is 636. The Balaban J connectivity index is 1.77. The maximum absolute atomic E-state index is 12.0. The van der Waals surface area contributed by atoms with Gasteiger partial charge >= 0.3 is 0 Å². The molecule has 0 radical (unpaired) electrons. The second kappa shape index (κ2) is 10.2. The molecule has 0 atom stereocenters. The summed E-state index contributed by atoms with van der Waals surface area (Å²) < 4.78 is 5.66. The summed E-state index contributed by atoms with van der Waals surface area (Å²) >= 11 is 0. The van der Waals surface area contributed by atoms with Gasteiger partial charge in [0.2, 0.25) is 0 Å². The molecule has 126 valence electrons. The maximum Gasteiger partial charge on any atom is 0.271 e. The maximum atomic E-state index is 12.0. The van der Waals surface area contributed by atoms with Crippen LogP contribution in [0.2, 0.25) is 0 Å². The lowest BCUT2D eigenvalue weighted by Gasteiger charge is -2.06. The van der Waals surface area contributed by atoms with Gasteiger partial charge in [-0.2, -0.15) is 5.10 Å². The average molecular weight is 324 g/mol. The lowest BCUT2D eigenvalue weighted by Crippen LogP contribution is -2.17. The van der Waals surface area contributed by atoms with Crippen LogP contribution >= 0.6 is 0 Å². The first kappa shape index (κ1) is 17.7. The van der Waals surface area contributed by atoms with E-state index in [0.29, 0.717) is 12.2 Å². The van der Waals surface area contributed by atoms with Gasteiger partial charge in [-0.05, 0) is 36.2 Å². The van der Waals surface area contributed by atoms with Gasteiger partial charge in [0.1, 0.15) is 5.75 Å². The molecule has 4 heteroatoms. The lowest BCUT2D eigenvalue weighted by molar-refractivity contribution is 0.0955. The van der Waals surface area contributed by atoms with Crippen molar-refractivity contribution >= 4 is 12.1 Å². The van der Waals surface area contributed by atoms with E-state index in [0.717, 1.165) is 17.7 Å². The van der Waals surface area contributed by atoms with E-state index in [-0.39, 0.29) is 5.91 Å². The van der Waals surface area contributed by atoms with Crippen molar-refractivity contribution in [3.05, 3.63) is 65.7 Å². The quantitative estimate of drug-likeness (QED) is 0.422. The van der Waals surface area contributed by atoms with Gasteiger partial charge in [0.25, 0.3) is 5.91 Å². The van der Waals surface area contributed by atoms with Crippen LogP contribution in [-0.2, 0) is 0 Å². The minimum atomic E-state index is -0.239. The van der Waals surface area contributed by atoms with E-state index < -0.39 is 0 Å². The summed E-state index contributed by atoms with van der Waals surface area (Å²) in [7, 11) is 0. The van der Waals surface area contributed by atoms with Gasteiger partial charge in [0.15, 0.2) is 0 Å². The number of carbonyl (C=O) groups excluding carboxylic acids is 1. The molecule has 0 aromatic heterocycles. The third-order valence-corrected chi connectivity index (χ3v) is 3.56. The van der Waals surface area contributed by atoms with Crippen molar-refractivity contribution in [3.8, 4) is 5.75 Å². The zero-order valence-electron chi connectivity index (χ0n) is 14.1. The van der Waals surface area contributed by atoms with Crippen molar-refractivity contribution in [1.29, 1.82) is 0 Å². The van der Waals surface area contributed by atoms with Crippen molar-refractivity contribution < 1.29 is 9.53 Å². The van der Waals surface area contributed by atoms with E-state index in [1.54, 1.807) is 18.3 Å². The fourth-order valence-corrected chi connectivity index (χ4v) is 2.19. The highest BCUT2D eigenvalue weighted by Gasteiger charge is 2.04. The molecule has 0 aliphatic rings. The number of hydrogen-bond donors (Lipinski definition) is 1. The van der Waals surface area contributed by atoms with E-state index in [1.165, 1.54) is 19.3 Å². The standard InChI is InChI=1S/C20H24N2O2/c1-2-3-4-8-15-24-19-13-11-18(12-14-19)20(23)22-21-16-17-9-6-5-7-10-17/h5-7,9-14,16H,2-4,8,15H2,1H3,(H,22,23)/b21-16-. The summed E-state index contributed by atoms with van der Waals surface area (Å²) in [5.41, 5.74) is 4.01. The van der Waals surface area contributed by atoms with Crippen molar-refractivity contribution in [3.63, 3.8) is 0 Å². The normalized spacial score (nSPS) is 10.7. The van der Waals surface area contributed by atoms with Gasteiger partial charge in [-0.25, -0.2) is 5.43 Å². The number of hydrogen-bond acceptors (Lipinski definition) is 3. The molecule has 0 unspecified atom stereocenters. The zero-order chi connectivity index (χ0) is 17.0. The van der Waals surface area contributed by atoms with Crippen molar-refractivity contribution in [2.45, 2.75) is 32.6 Å². The molecule has 0 aliphatic carbocycles. The number of nitrogens with one attached hydrogen (secondary N) is 1. The van der Waals surface area contributed by atoms with Crippen LogP contribution in [0.15, 0.2) is 59.7 Å². The van der Waals surface area contributed by atoms with Crippen molar-refractivity contribution in [1.82, 2.24) is 5.43 Å². The molecule has 2 aromatic carbocycles. The number of hydrazone groups is 1. The number of rotatable bonds is 9. The summed E-state index contributed by atoms with van der Waals surface area (Å²) in [6.45, 7) is 2.90. The van der Waals surface area contributed by atoms with Gasteiger partial charge in [-0.1, -0.05) is 56.5 Å². The zero-order valence-corrected chi connectivity index (χ0v) is 14.1. The Hall–Kier alpha value is -2.62. The van der Waals surface area contributed by atoms with Crippen LogP contribution in [0.5, 0.6) is 5.75 Å². The molecule has 2 rings (SSSR count). The summed E-state index contributed by atoms with van der Waals surface area (Å²) in [6.07, 6.45) is 6.33. The van der Waals surface area contributed by atoms with E-state index in [9.17, 15) is 4.79 Å². The SMILES string of the molecule is CCCCCCOc1ccc(C(=O)N/N=C\c2ccccc2)cc1. The third-order valence-electron chi connectivity index (χ3n) is 3.56. The first-order valence-corrected chi connectivity index (χ1v) is 8.41. The molecule has 0 spiro atoms. The highest BCUT2D eigenvalue weighted by Crippen LogP contribution is 2.13. The topological polar surface area (TPSA) is 50.7 Å². The number of ether oxygens (including phenoxy) is 1. The van der Waals surface area contributed by atoms with Gasteiger partial charge in [0.05, 0.1) is 12.8 Å². The number of unbranched alkanes of at least 4 members (excludes halogenated alkanes) is 3. The van der Waals surface area contributed by atoms with Crippen LogP contribution < -0.4 is 10.2 Å². The second-order valence-electron chi connectivity index (χ2n) is 5.54. The lowest BCUT2D eigenvalue weighted by atomic mass is 10.2. The highest BCUT2D eigenvalue weighted by molar-refractivity contribution is 5.94. The molecule has 2 aromatic rings. The van der Waals surface area contributed by atoms with Crippen LogP contribution in [0.1, 0.15) is 48.5 Å². The summed E-state index contributed by atoms with van der Waals surface area (Å²) in [5, 5.41) is 3.96. The minimum absolute atomic E-state index is 0.239. The Labute approximate surface area is 143 Å². The van der Waals surface area contributed by atoms with Crippen LogP contribution in [0.4, 0.5) is 0 Å². The predicted octanol–water partition coefficient (Wildman–Crippen LogP) is 4.41. The van der Waals surface area contributed by atoms with Crippen LogP contribution in [-0.4, -0.2) is 18.7 Å². The summed E-state index contributed by atoms with van der Waals surface area (Å²) in [6, 6.07) is 16.7. The molecule has 0 heterocycles. The fraction of sp³-hybridized carbons (Fsp3) is 0.300. The molecule has 0 fully saturated rings. The van der Waals surface area contributed by atoms with E-state index in [2.05, 4.69) is 17.5 Å². The van der Waals surface area contributed by atoms with Gasteiger partial charge in [-0.3, -0.25) is 4.79 Å². The van der Waals surface area contributed by atoms with E-state index >= 15 is 0 Å². The Morgan fingerprint density at radius 1 is 1.04 bits per heavy atom. The summed E-state index contributed by atoms with van der Waals surface area (Å²) in [4.78, 5) is 12.0.